The molecule has 0 fully saturated rings. The zero-order valence-electron chi connectivity index (χ0n) is 21.6. The van der Waals surface area contributed by atoms with Gasteiger partial charge in [0.15, 0.2) is 0 Å². The highest BCUT2D eigenvalue weighted by Gasteiger charge is 2.32. The minimum absolute atomic E-state index is 0.0633. The van der Waals surface area contributed by atoms with E-state index in [0.717, 1.165) is 21.7 Å². The van der Waals surface area contributed by atoms with Crippen molar-refractivity contribution in [3.05, 3.63) is 63.1 Å². The minimum Gasteiger partial charge on any atom is -0.354 e. The number of nitrogens with zero attached hydrogens (tertiary/aromatic N) is 2. The molecule has 198 valence electrons. The summed E-state index contributed by atoms with van der Waals surface area (Å²) in [4.78, 5) is 28.2. The Morgan fingerprint density at radius 2 is 1.67 bits per heavy atom. The number of rotatable bonds is 11. The second-order valence-corrected chi connectivity index (χ2v) is 12.1. The fourth-order valence-electron chi connectivity index (χ4n) is 3.67. The third-order valence-electron chi connectivity index (χ3n) is 5.87. The Kier molecular flexibility index (Phi) is 10.6. The molecule has 2 rings (SSSR count). The fraction of sp³-hybridized carbons (Fsp3) is 0.462. The number of hydrogen-bond donors (Lipinski definition) is 1. The van der Waals surface area contributed by atoms with Gasteiger partial charge in [-0.25, -0.2) is 8.42 Å². The summed E-state index contributed by atoms with van der Waals surface area (Å²) in [5.74, 6) is -0.566. The number of nitrogens with one attached hydrogen (secondary N) is 1. The van der Waals surface area contributed by atoms with Crippen LogP contribution in [0.1, 0.15) is 43.9 Å². The van der Waals surface area contributed by atoms with Gasteiger partial charge in [-0.2, -0.15) is 0 Å². The molecule has 7 nitrogen and oxygen atoms in total. The lowest BCUT2D eigenvalue weighted by Crippen LogP contribution is -2.52. The maximum Gasteiger partial charge on any atom is 0.244 e. The van der Waals surface area contributed by atoms with Crippen LogP contribution in [0, 0.1) is 19.8 Å². The van der Waals surface area contributed by atoms with Gasteiger partial charge < -0.3 is 10.2 Å². The first-order valence-corrected chi connectivity index (χ1v) is 14.4. The number of hydrogen-bond acceptors (Lipinski definition) is 4. The molecule has 0 bridgehead atoms. The largest absolute Gasteiger partial charge is 0.354 e. The fourth-order valence-corrected chi connectivity index (χ4v) is 4.83. The molecule has 0 spiro atoms. The van der Waals surface area contributed by atoms with Gasteiger partial charge in [-0.1, -0.05) is 56.1 Å². The summed E-state index contributed by atoms with van der Waals surface area (Å²) in [6.45, 7) is 9.65. The van der Waals surface area contributed by atoms with Gasteiger partial charge in [0.05, 0.1) is 22.0 Å². The second-order valence-electron chi connectivity index (χ2n) is 9.37. The zero-order valence-corrected chi connectivity index (χ0v) is 24.0. The molecule has 0 heterocycles. The molecule has 2 amide bonds. The predicted octanol–water partition coefficient (Wildman–Crippen LogP) is 4.96. The number of carbonyl (C=O) groups excluding carboxylic acids is 2. The van der Waals surface area contributed by atoms with Gasteiger partial charge in [0.25, 0.3) is 0 Å². The molecule has 0 aliphatic rings. The molecule has 1 atom stereocenters. The molecule has 10 heteroatoms. The van der Waals surface area contributed by atoms with Crippen LogP contribution in [-0.2, 0) is 26.2 Å². The Morgan fingerprint density at radius 1 is 1.00 bits per heavy atom. The molecule has 0 radical (unpaired) electrons. The van der Waals surface area contributed by atoms with Crippen LogP contribution in [0.4, 0.5) is 5.69 Å². The summed E-state index contributed by atoms with van der Waals surface area (Å²) >= 11 is 12.2. The Bertz CT molecular complexity index is 1200. The van der Waals surface area contributed by atoms with Crippen molar-refractivity contribution in [2.75, 3.05) is 23.7 Å². The minimum atomic E-state index is -3.79. The predicted molar refractivity (Wildman–Crippen MR) is 147 cm³/mol. The van der Waals surface area contributed by atoms with Crippen molar-refractivity contribution >= 4 is 50.7 Å². The van der Waals surface area contributed by atoms with Crippen LogP contribution in [0.3, 0.4) is 0 Å². The van der Waals surface area contributed by atoms with E-state index < -0.39 is 28.5 Å². The van der Waals surface area contributed by atoms with E-state index in [0.29, 0.717) is 34.3 Å². The maximum absolute atomic E-state index is 13.7. The highest BCUT2D eigenvalue weighted by Crippen LogP contribution is 2.25. The topological polar surface area (TPSA) is 86.8 Å². The van der Waals surface area contributed by atoms with Gasteiger partial charge >= 0.3 is 0 Å². The van der Waals surface area contributed by atoms with Crippen molar-refractivity contribution in [3.63, 3.8) is 0 Å². The molecule has 0 saturated carbocycles. The lowest BCUT2D eigenvalue weighted by Gasteiger charge is -2.33. The van der Waals surface area contributed by atoms with E-state index in [4.69, 9.17) is 23.2 Å². The van der Waals surface area contributed by atoms with Gasteiger partial charge in [0.1, 0.15) is 12.6 Å². The molecule has 36 heavy (non-hydrogen) atoms. The number of aryl methyl sites for hydroxylation is 2. The monoisotopic (exact) mass is 555 g/mol. The third kappa shape index (κ3) is 8.11. The van der Waals surface area contributed by atoms with Crippen LogP contribution < -0.4 is 9.62 Å². The zero-order chi connectivity index (χ0) is 27.2. The molecule has 0 aliphatic carbocycles. The average molecular weight is 557 g/mol. The molecule has 0 aromatic heterocycles. The molecule has 2 aromatic carbocycles. The summed E-state index contributed by atoms with van der Waals surface area (Å²) in [6, 6.07) is 9.42. The van der Waals surface area contributed by atoms with Crippen molar-refractivity contribution in [1.82, 2.24) is 10.2 Å². The Hall–Kier alpha value is -2.29. The Labute approximate surface area is 224 Å². The lowest BCUT2D eigenvalue weighted by molar-refractivity contribution is -0.140. The standard InChI is InChI=1S/C26H35Cl2N3O4S/c1-7-24(26(33)29-14-17(2)3)30(15-20-9-11-22(27)23(28)13-20)25(32)16-31(36(6,34)35)21-10-8-18(4)19(5)12-21/h8-13,17,24H,7,14-16H2,1-6H3,(H,29,33)/t24-/m0/s1. The molecule has 0 unspecified atom stereocenters. The SMILES string of the molecule is CC[C@@H](C(=O)NCC(C)C)N(Cc1ccc(Cl)c(Cl)c1)C(=O)CN(c1ccc(C)c(C)c1)S(C)(=O)=O. The summed E-state index contributed by atoms with van der Waals surface area (Å²) in [6.07, 6.45) is 1.41. The van der Waals surface area contributed by atoms with Gasteiger partial charge in [-0.05, 0) is 67.1 Å². The van der Waals surface area contributed by atoms with E-state index in [1.807, 2.05) is 40.7 Å². The molecular formula is C26H35Cl2N3O4S. The van der Waals surface area contributed by atoms with Crippen molar-refractivity contribution < 1.29 is 18.0 Å². The van der Waals surface area contributed by atoms with Gasteiger partial charge in [0.2, 0.25) is 21.8 Å². The quantitative estimate of drug-likeness (QED) is 0.424. The van der Waals surface area contributed by atoms with E-state index in [9.17, 15) is 18.0 Å². The molecule has 0 saturated heterocycles. The third-order valence-corrected chi connectivity index (χ3v) is 7.74. The number of anilines is 1. The first-order valence-electron chi connectivity index (χ1n) is 11.8. The summed E-state index contributed by atoms with van der Waals surface area (Å²) in [5, 5.41) is 3.59. The summed E-state index contributed by atoms with van der Waals surface area (Å²) in [7, 11) is -3.79. The number of carbonyl (C=O) groups is 2. The van der Waals surface area contributed by atoms with E-state index in [-0.39, 0.29) is 18.4 Å². The summed E-state index contributed by atoms with van der Waals surface area (Å²) in [5.41, 5.74) is 2.97. The van der Waals surface area contributed by atoms with Crippen LogP contribution in [0.25, 0.3) is 0 Å². The number of benzene rings is 2. The maximum atomic E-state index is 13.7. The van der Waals surface area contributed by atoms with E-state index in [1.54, 1.807) is 30.3 Å². The van der Waals surface area contributed by atoms with Gasteiger partial charge in [-0.3, -0.25) is 13.9 Å². The highest BCUT2D eigenvalue weighted by atomic mass is 35.5. The van der Waals surface area contributed by atoms with Crippen molar-refractivity contribution in [1.29, 1.82) is 0 Å². The number of halogens is 2. The van der Waals surface area contributed by atoms with Crippen LogP contribution in [-0.4, -0.2) is 50.5 Å². The highest BCUT2D eigenvalue weighted by molar-refractivity contribution is 7.92. The van der Waals surface area contributed by atoms with Crippen LogP contribution in [0.5, 0.6) is 0 Å². The van der Waals surface area contributed by atoms with E-state index >= 15 is 0 Å². The average Bonchev–Trinajstić information content (AvgIpc) is 2.79. The normalized spacial score (nSPS) is 12.4. The second kappa shape index (κ2) is 12.8. The van der Waals surface area contributed by atoms with Gasteiger partial charge in [0, 0.05) is 13.1 Å². The Morgan fingerprint density at radius 3 is 2.19 bits per heavy atom. The lowest BCUT2D eigenvalue weighted by atomic mass is 10.1. The smallest absolute Gasteiger partial charge is 0.244 e. The van der Waals surface area contributed by atoms with Crippen molar-refractivity contribution in [2.45, 2.75) is 53.6 Å². The van der Waals surface area contributed by atoms with E-state index in [2.05, 4.69) is 5.32 Å². The van der Waals surface area contributed by atoms with Crippen molar-refractivity contribution in [2.24, 2.45) is 5.92 Å². The van der Waals surface area contributed by atoms with Crippen LogP contribution in [0.15, 0.2) is 36.4 Å². The molecular weight excluding hydrogens is 521 g/mol. The van der Waals surface area contributed by atoms with Gasteiger partial charge in [-0.15, -0.1) is 0 Å². The molecule has 2 aromatic rings. The van der Waals surface area contributed by atoms with Crippen LogP contribution >= 0.6 is 23.2 Å². The first-order chi connectivity index (χ1) is 16.7. The van der Waals surface area contributed by atoms with Crippen LogP contribution in [0.2, 0.25) is 10.0 Å². The Balaban J connectivity index is 2.46. The van der Waals surface area contributed by atoms with E-state index in [1.165, 1.54) is 4.90 Å². The molecule has 0 aliphatic heterocycles. The molecule has 1 N–H and O–H groups in total. The number of sulfonamides is 1. The summed E-state index contributed by atoms with van der Waals surface area (Å²) < 4.78 is 26.5. The number of amides is 2. The van der Waals surface area contributed by atoms with Crippen molar-refractivity contribution in [3.8, 4) is 0 Å². The first kappa shape index (κ1) is 29.9.